The van der Waals surface area contributed by atoms with Crippen molar-refractivity contribution in [2.45, 2.75) is 51.1 Å². The van der Waals surface area contributed by atoms with Crippen molar-refractivity contribution in [3.63, 3.8) is 0 Å². The summed E-state index contributed by atoms with van der Waals surface area (Å²) < 4.78 is 0. The molecule has 0 saturated heterocycles. The quantitative estimate of drug-likeness (QED) is 0.551. The van der Waals surface area contributed by atoms with Gasteiger partial charge in [0.1, 0.15) is 10.7 Å². The summed E-state index contributed by atoms with van der Waals surface area (Å²) in [5.74, 6) is -0.108. The zero-order valence-corrected chi connectivity index (χ0v) is 12.7. The van der Waals surface area contributed by atoms with Gasteiger partial charge in [-0.15, -0.1) is 11.3 Å². The van der Waals surface area contributed by atoms with Crippen molar-refractivity contribution in [1.82, 2.24) is 15.6 Å². The molecule has 1 aliphatic rings. The molecule has 0 unspecified atom stereocenters. The van der Waals surface area contributed by atoms with E-state index in [4.69, 9.17) is 5.73 Å². The van der Waals surface area contributed by atoms with E-state index in [0.29, 0.717) is 24.8 Å². The van der Waals surface area contributed by atoms with Gasteiger partial charge in [0, 0.05) is 31.1 Å². The second-order valence-corrected chi connectivity index (χ2v) is 6.17. The van der Waals surface area contributed by atoms with Crippen molar-refractivity contribution in [3.05, 3.63) is 16.1 Å². The van der Waals surface area contributed by atoms with Crippen LogP contribution in [0.5, 0.6) is 0 Å². The van der Waals surface area contributed by atoms with E-state index in [1.807, 2.05) is 0 Å². The molecule has 1 aromatic rings. The van der Waals surface area contributed by atoms with Crippen molar-refractivity contribution < 1.29 is 4.79 Å². The molecule has 0 aliphatic heterocycles. The molecular weight excluding hydrogens is 272 g/mol. The molecule has 0 spiro atoms. The molecule has 20 heavy (non-hydrogen) atoms. The molecule has 1 heterocycles. The third-order valence-electron chi connectivity index (χ3n) is 3.66. The largest absolute Gasteiger partial charge is 0.349 e. The first-order valence-corrected chi connectivity index (χ1v) is 8.33. The standard InChI is InChI=1S/C14H24N4OS/c15-9-13-18-12(10-20-13)14(19)17-8-7-16-11-5-3-1-2-4-6-11/h10-11,16H,1-9,15H2,(H,17,19). The van der Waals surface area contributed by atoms with Crippen molar-refractivity contribution in [3.8, 4) is 0 Å². The fourth-order valence-electron chi connectivity index (χ4n) is 2.54. The van der Waals surface area contributed by atoms with Gasteiger partial charge in [0.25, 0.3) is 5.91 Å². The van der Waals surface area contributed by atoms with E-state index in [1.165, 1.54) is 49.9 Å². The topological polar surface area (TPSA) is 80.0 Å². The zero-order chi connectivity index (χ0) is 14.2. The maximum atomic E-state index is 11.8. The first-order chi connectivity index (χ1) is 9.79. The number of aromatic nitrogens is 1. The molecule has 4 N–H and O–H groups in total. The number of nitrogens with zero attached hydrogens (tertiary/aromatic N) is 1. The van der Waals surface area contributed by atoms with E-state index in [2.05, 4.69) is 15.6 Å². The molecule has 0 radical (unpaired) electrons. The van der Waals surface area contributed by atoms with Crippen LogP contribution in [-0.4, -0.2) is 30.0 Å². The van der Waals surface area contributed by atoms with Crippen LogP contribution in [0.3, 0.4) is 0 Å². The lowest BCUT2D eigenvalue weighted by atomic mass is 10.1. The SMILES string of the molecule is NCc1nc(C(=O)NCCNC2CCCCCC2)cs1. The van der Waals surface area contributed by atoms with Crippen LogP contribution in [0.15, 0.2) is 5.38 Å². The van der Waals surface area contributed by atoms with E-state index >= 15 is 0 Å². The summed E-state index contributed by atoms with van der Waals surface area (Å²) in [5, 5.41) is 8.98. The third kappa shape index (κ3) is 4.85. The number of hydrogen-bond donors (Lipinski definition) is 3. The molecule has 1 amide bonds. The minimum absolute atomic E-state index is 0.108. The Labute approximate surface area is 124 Å². The number of nitrogens with one attached hydrogen (secondary N) is 2. The van der Waals surface area contributed by atoms with Gasteiger partial charge >= 0.3 is 0 Å². The summed E-state index contributed by atoms with van der Waals surface area (Å²) in [6, 6.07) is 0.623. The molecule has 1 saturated carbocycles. The van der Waals surface area contributed by atoms with Crippen LogP contribution in [-0.2, 0) is 6.54 Å². The van der Waals surface area contributed by atoms with Gasteiger partial charge < -0.3 is 16.4 Å². The number of nitrogens with two attached hydrogens (primary N) is 1. The van der Waals surface area contributed by atoms with Crippen molar-refractivity contribution >= 4 is 17.2 Å². The average molecular weight is 296 g/mol. The highest BCUT2D eigenvalue weighted by molar-refractivity contribution is 7.09. The van der Waals surface area contributed by atoms with Crippen molar-refractivity contribution in [2.24, 2.45) is 5.73 Å². The Morgan fingerprint density at radius 2 is 2.05 bits per heavy atom. The van der Waals surface area contributed by atoms with Gasteiger partial charge in [0.15, 0.2) is 0 Å². The van der Waals surface area contributed by atoms with Crippen molar-refractivity contribution in [1.29, 1.82) is 0 Å². The Bertz CT molecular complexity index is 413. The van der Waals surface area contributed by atoms with Gasteiger partial charge in [-0.25, -0.2) is 4.98 Å². The predicted octanol–water partition coefficient (Wildman–Crippen LogP) is 1.64. The Morgan fingerprint density at radius 3 is 2.70 bits per heavy atom. The van der Waals surface area contributed by atoms with Crippen LogP contribution >= 0.6 is 11.3 Å². The van der Waals surface area contributed by atoms with E-state index in [-0.39, 0.29) is 5.91 Å². The lowest BCUT2D eigenvalue weighted by molar-refractivity contribution is 0.0949. The predicted molar refractivity (Wildman–Crippen MR) is 81.8 cm³/mol. The summed E-state index contributed by atoms with van der Waals surface area (Å²) in [5.41, 5.74) is 5.96. The molecule has 2 rings (SSSR count). The smallest absolute Gasteiger partial charge is 0.270 e. The van der Waals surface area contributed by atoms with E-state index in [9.17, 15) is 4.79 Å². The zero-order valence-electron chi connectivity index (χ0n) is 11.9. The molecule has 0 aromatic carbocycles. The maximum absolute atomic E-state index is 11.8. The lowest BCUT2D eigenvalue weighted by Gasteiger charge is -2.16. The van der Waals surface area contributed by atoms with Crippen LogP contribution in [0.4, 0.5) is 0 Å². The van der Waals surface area contributed by atoms with Gasteiger partial charge in [0.2, 0.25) is 0 Å². The van der Waals surface area contributed by atoms with E-state index in [1.54, 1.807) is 5.38 Å². The van der Waals surface area contributed by atoms with Crippen LogP contribution in [0, 0.1) is 0 Å². The number of rotatable bonds is 6. The third-order valence-corrected chi connectivity index (χ3v) is 4.53. The Kier molecular flexibility index (Phi) is 6.42. The number of hydrogen-bond acceptors (Lipinski definition) is 5. The second kappa shape index (κ2) is 8.34. The van der Waals surface area contributed by atoms with Gasteiger partial charge in [0.05, 0.1) is 0 Å². The van der Waals surface area contributed by atoms with Gasteiger partial charge in [-0.2, -0.15) is 0 Å². The fourth-order valence-corrected chi connectivity index (χ4v) is 3.19. The number of carbonyl (C=O) groups is 1. The van der Waals surface area contributed by atoms with E-state index in [0.717, 1.165) is 11.6 Å². The number of thiazole rings is 1. The number of amides is 1. The summed E-state index contributed by atoms with van der Waals surface area (Å²) in [6.45, 7) is 1.86. The molecule has 1 aliphatic carbocycles. The minimum atomic E-state index is -0.108. The van der Waals surface area contributed by atoms with E-state index < -0.39 is 0 Å². The minimum Gasteiger partial charge on any atom is -0.349 e. The maximum Gasteiger partial charge on any atom is 0.270 e. The summed E-state index contributed by atoms with van der Waals surface area (Å²) in [7, 11) is 0. The number of carbonyl (C=O) groups excluding carboxylic acids is 1. The highest BCUT2D eigenvalue weighted by Gasteiger charge is 2.12. The summed E-state index contributed by atoms with van der Waals surface area (Å²) in [4.78, 5) is 16.0. The van der Waals surface area contributed by atoms with Gasteiger partial charge in [-0.05, 0) is 12.8 Å². The Morgan fingerprint density at radius 1 is 1.30 bits per heavy atom. The first-order valence-electron chi connectivity index (χ1n) is 7.45. The monoisotopic (exact) mass is 296 g/mol. The highest BCUT2D eigenvalue weighted by Crippen LogP contribution is 2.16. The average Bonchev–Trinajstić information content (AvgIpc) is 2.80. The summed E-state index contributed by atoms with van der Waals surface area (Å²) in [6.07, 6.45) is 7.90. The second-order valence-electron chi connectivity index (χ2n) is 5.23. The lowest BCUT2D eigenvalue weighted by Crippen LogP contribution is -2.37. The molecule has 0 atom stereocenters. The molecule has 0 bridgehead atoms. The first kappa shape index (κ1) is 15.4. The van der Waals surface area contributed by atoms with Crippen LogP contribution in [0.1, 0.15) is 54.0 Å². The van der Waals surface area contributed by atoms with Gasteiger partial charge in [-0.3, -0.25) is 4.79 Å². The highest BCUT2D eigenvalue weighted by atomic mass is 32.1. The Hall–Kier alpha value is -0.980. The summed E-state index contributed by atoms with van der Waals surface area (Å²) >= 11 is 1.43. The van der Waals surface area contributed by atoms with Crippen LogP contribution in [0.2, 0.25) is 0 Å². The molecule has 1 aromatic heterocycles. The van der Waals surface area contributed by atoms with Crippen LogP contribution in [0.25, 0.3) is 0 Å². The molecular formula is C14H24N4OS. The molecule has 1 fully saturated rings. The fraction of sp³-hybridized carbons (Fsp3) is 0.714. The van der Waals surface area contributed by atoms with Crippen LogP contribution < -0.4 is 16.4 Å². The normalized spacial score (nSPS) is 16.9. The van der Waals surface area contributed by atoms with Crippen molar-refractivity contribution in [2.75, 3.05) is 13.1 Å². The van der Waals surface area contributed by atoms with Gasteiger partial charge in [-0.1, -0.05) is 25.7 Å². The molecule has 112 valence electrons. The molecule has 6 heteroatoms. The molecule has 5 nitrogen and oxygen atoms in total. The Balaban J connectivity index is 1.63.